The highest BCUT2D eigenvalue weighted by molar-refractivity contribution is 4.89. The van der Waals surface area contributed by atoms with Gasteiger partial charge in [-0.05, 0) is 12.3 Å². The van der Waals surface area contributed by atoms with E-state index in [9.17, 15) is 4.39 Å². The van der Waals surface area contributed by atoms with Crippen LogP contribution in [0.1, 0.15) is 26.7 Å². The van der Waals surface area contributed by atoms with Crippen LogP contribution < -0.4 is 5.73 Å². The average Bonchev–Trinajstić information content (AvgIpc) is 1.81. The topological polar surface area (TPSA) is 35.2 Å². The molecule has 1 saturated heterocycles. The summed E-state index contributed by atoms with van der Waals surface area (Å²) in [6, 6.07) is -0.0149. The lowest BCUT2D eigenvalue weighted by atomic mass is 9.91. The van der Waals surface area contributed by atoms with Crippen molar-refractivity contribution in [3.63, 3.8) is 0 Å². The molecule has 1 rings (SSSR count). The van der Waals surface area contributed by atoms with Gasteiger partial charge in [-0.1, -0.05) is 13.8 Å². The third-order valence-corrected chi connectivity index (χ3v) is 2.12. The SMILES string of the molecule is CC(C)CC(N)CC1(F)COC1. The standard InChI is InChI=1S/C9H18FNO/c1-7(2)3-8(11)4-9(10)5-12-6-9/h7-8H,3-6,11H2,1-2H3. The number of hydrogen-bond donors (Lipinski definition) is 1. The lowest BCUT2D eigenvalue weighted by Crippen LogP contribution is -2.49. The third-order valence-electron chi connectivity index (χ3n) is 2.12. The van der Waals surface area contributed by atoms with Crippen molar-refractivity contribution in [1.29, 1.82) is 0 Å². The second-order valence-electron chi connectivity index (χ2n) is 4.24. The van der Waals surface area contributed by atoms with Gasteiger partial charge in [0.1, 0.15) is 0 Å². The Morgan fingerprint density at radius 2 is 2.08 bits per heavy atom. The Balaban J connectivity index is 2.20. The molecule has 1 fully saturated rings. The molecule has 0 aromatic rings. The molecule has 0 bridgehead atoms. The Hall–Kier alpha value is -0.150. The van der Waals surface area contributed by atoms with Crippen molar-refractivity contribution in [1.82, 2.24) is 0 Å². The number of alkyl halides is 1. The van der Waals surface area contributed by atoms with E-state index in [1.807, 2.05) is 0 Å². The van der Waals surface area contributed by atoms with Crippen molar-refractivity contribution in [3.8, 4) is 0 Å². The van der Waals surface area contributed by atoms with Gasteiger partial charge in [-0.2, -0.15) is 0 Å². The minimum Gasteiger partial charge on any atom is -0.375 e. The van der Waals surface area contributed by atoms with E-state index in [0.717, 1.165) is 6.42 Å². The first-order valence-electron chi connectivity index (χ1n) is 4.54. The minimum absolute atomic E-state index is 0.0149. The summed E-state index contributed by atoms with van der Waals surface area (Å²) in [6.07, 6.45) is 1.34. The normalized spacial score (nSPS) is 23.8. The summed E-state index contributed by atoms with van der Waals surface area (Å²) in [5.41, 5.74) is 4.66. The molecule has 0 aliphatic carbocycles. The van der Waals surface area contributed by atoms with Crippen molar-refractivity contribution >= 4 is 0 Å². The Kier molecular flexibility index (Phi) is 3.07. The van der Waals surface area contributed by atoms with Gasteiger partial charge in [0.05, 0.1) is 13.2 Å². The van der Waals surface area contributed by atoms with Crippen molar-refractivity contribution in [2.45, 2.75) is 38.4 Å². The zero-order valence-electron chi connectivity index (χ0n) is 7.85. The lowest BCUT2D eigenvalue weighted by molar-refractivity contribution is -0.136. The average molecular weight is 175 g/mol. The van der Waals surface area contributed by atoms with Gasteiger partial charge in [-0.25, -0.2) is 4.39 Å². The van der Waals surface area contributed by atoms with Crippen molar-refractivity contribution in [3.05, 3.63) is 0 Å². The Morgan fingerprint density at radius 3 is 2.42 bits per heavy atom. The van der Waals surface area contributed by atoms with Gasteiger partial charge in [0.25, 0.3) is 0 Å². The number of hydrogen-bond acceptors (Lipinski definition) is 2. The molecule has 1 unspecified atom stereocenters. The summed E-state index contributed by atoms with van der Waals surface area (Å²) in [6.45, 7) is 4.67. The van der Waals surface area contributed by atoms with Crippen LogP contribution in [-0.2, 0) is 4.74 Å². The van der Waals surface area contributed by atoms with E-state index >= 15 is 0 Å². The fourth-order valence-corrected chi connectivity index (χ4v) is 1.60. The van der Waals surface area contributed by atoms with Gasteiger partial charge >= 0.3 is 0 Å². The van der Waals surface area contributed by atoms with Crippen LogP contribution in [0.4, 0.5) is 4.39 Å². The molecule has 3 heteroatoms. The predicted octanol–water partition coefficient (Wildman–Crippen LogP) is 1.49. The fourth-order valence-electron chi connectivity index (χ4n) is 1.60. The molecule has 0 amide bonds. The van der Waals surface area contributed by atoms with E-state index in [-0.39, 0.29) is 19.3 Å². The number of nitrogens with two attached hydrogens (primary N) is 1. The first-order chi connectivity index (χ1) is 5.52. The molecule has 0 aromatic heterocycles. The largest absolute Gasteiger partial charge is 0.375 e. The van der Waals surface area contributed by atoms with Crippen LogP contribution in [0.5, 0.6) is 0 Å². The van der Waals surface area contributed by atoms with Gasteiger partial charge in [0.15, 0.2) is 5.67 Å². The van der Waals surface area contributed by atoms with E-state index < -0.39 is 5.67 Å². The highest BCUT2D eigenvalue weighted by atomic mass is 19.1. The molecule has 0 saturated carbocycles. The molecule has 1 aliphatic heterocycles. The summed E-state index contributed by atoms with van der Waals surface area (Å²) in [5.74, 6) is 0.546. The monoisotopic (exact) mass is 175 g/mol. The molecule has 0 radical (unpaired) electrons. The Labute approximate surface area is 73.3 Å². The van der Waals surface area contributed by atoms with Gasteiger partial charge in [-0.3, -0.25) is 0 Å². The third kappa shape index (κ3) is 2.72. The Bertz CT molecular complexity index is 145. The second-order valence-corrected chi connectivity index (χ2v) is 4.24. The van der Waals surface area contributed by atoms with Crippen LogP contribution in [0.25, 0.3) is 0 Å². The van der Waals surface area contributed by atoms with E-state index in [4.69, 9.17) is 10.5 Å². The van der Waals surface area contributed by atoms with Crippen LogP contribution in [0, 0.1) is 5.92 Å². The number of rotatable bonds is 4. The summed E-state index contributed by atoms with van der Waals surface area (Å²) in [7, 11) is 0. The van der Waals surface area contributed by atoms with Crippen LogP contribution in [0.15, 0.2) is 0 Å². The highest BCUT2D eigenvalue weighted by Crippen LogP contribution is 2.28. The summed E-state index contributed by atoms with van der Waals surface area (Å²) >= 11 is 0. The zero-order chi connectivity index (χ0) is 9.19. The summed E-state index contributed by atoms with van der Waals surface area (Å²) < 4.78 is 18.2. The van der Waals surface area contributed by atoms with Gasteiger partial charge in [-0.15, -0.1) is 0 Å². The molecule has 0 spiro atoms. The van der Waals surface area contributed by atoms with E-state index in [1.54, 1.807) is 0 Å². The smallest absolute Gasteiger partial charge is 0.158 e. The van der Waals surface area contributed by atoms with Crippen molar-refractivity contribution in [2.24, 2.45) is 11.7 Å². The van der Waals surface area contributed by atoms with Crippen LogP contribution in [0.2, 0.25) is 0 Å². The van der Waals surface area contributed by atoms with E-state index in [2.05, 4.69) is 13.8 Å². The number of halogens is 1. The molecular weight excluding hydrogens is 157 g/mol. The van der Waals surface area contributed by atoms with Gasteiger partial charge < -0.3 is 10.5 Å². The van der Waals surface area contributed by atoms with E-state index in [0.29, 0.717) is 12.3 Å². The molecular formula is C9H18FNO. The number of ether oxygens (including phenoxy) is 1. The summed E-state index contributed by atoms with van der Waals surface area (Å²) in [4.78, 5) is 0. The van der Waals surface area contributed by atoms with Gasteiger partial charge in [0, 0.05) is 12.5 Å². The second kappa shape index (κ2) is 3.71. The quantitative estimate of drug-likeness (QED) is 0.702. The first-order valence-corrected chi connectivity index (χ1v) is 4.54. The van der Waals surface area contributed by atoms with Crippen molar-refractivity contribution in [2.75, 3.05) is 13.2 Å². The van der Waals surface area contributed by atoms with Crippen LogP contribution in [0.3, 0.4) is 0 Å². The highest BCUT2D eigenvalue weighted by Gasteiger charge is 2.39. The minimum atomic E-state index is -1.12. The maximum atomic E-state index is 13.4. The molecule has 1 heterocycles. The van der Waals surface area contributed by atoms with Gasteiger partial charge in [0.2, 0.25) is 0 Å². The van der Waals surface area contributed by atoms with E-state index in [1.165, 1.54) is 0 Å². The summed E-state index contributed by atoms with van der Waals surface area (Å²) in [5, 5.41) is 0. The molecule has 2 nitrogen and oxygen atoms in total. The molecule has 1 atom stereocenters. The zero-order valence-corrected chi connectivity index (χ0v) is 7.85. The maximum absolute atomic E-state index is 13.4. The molecule has 2 N–H and O–H groups in total. The Morgan fingerprint density at radius 1 is 1.50 bits per heavy atom. The first kappa shape index (κ1) is 9.93. The van der Waals surface area contributed by atoms with Crippen LogP contribution in [-0.4, -0.2) is 24.9 Å². The molecule has 0 aromatic carbocycles. The fraction of sp³-hybridized carbons (Fsp3) is 1.00. The molecule has 72 valence electrons. The predicted molar refractivity (Wildman–Crippen MR) is 46.7 cm³/mol. The van der Waals surface area contributed by atoms with Crippen LogP contribution >= 0.6 is 0 Å². The van der Waals surface area contributed by atoms with Crippen molar-refractivity contribution < 1.29 is 9.13 Å². The molecule has 12 heavy (non-hydrogen) atoms. The molecule has 1 aliphatic rings. The lowest BCUT2D eigenvalue weighted by Gasteiger charge is -2.35. The maximum Gasteiger partial charge on any atom is 0.158 e.